The van der Waals surface area contributed by atoms with Crippen LogP contribution < -0.4 is 4.74 Å². The van der Waals surface area contributed by atoms with Crippen LogP contribution in [0.15, 0.2) is 47.8 Å². The van der Waals surface area contributed by atoms with Gasteiger partial charge in [0.2, 0.25) is 0 Å². The summed E-state index contributed by atoms with van der Waals surface area (Å²) in [5.41, 5.74) is 0. The lowest BCUT2D eigenvalue weighted by molar-refractivity contribution is 0.211. The Hall–Kier alpha value is -1.32. The summed E-state index contributed by atoms with van der Waals surface area (Å²) in [6.45, 7) is 5.96. The van der Waals surface area contributed by atoms with Gasteiger partial charge in [0.1, 0.15) is 12.4 Å². The zero-order valence-corrected chi connectivity index (χ0v) is 11.5. The molecule has 96 valence electrons. The molecule has 0 N–H and O–H groups in total. The molecule has 0 radical (unpaired) electrons. The Balaban J connectivity index is 1.74. The van der Waals surface area contributed by atoms with Gasteiger partial charge < -0.3 is 4.74 Å². The van der Waals surface area contributed by atoms with E-state index in [-0.39, 0.29) is 0 Å². The molecule has 0 aliphatic carbocycles. The van der Waals surface area contributed by atoms with Crippen molar-refractivity contribution in [3.05, 3.63) is 52.7 Å². The fraction of sp³-hybridized carbons (Fsp3) is 0.333. The lowest BCUT2D eigenvalue weighted by Crippen LogP contribution is -2.27. The largest absolute Gasteiger partial charge is 0.492 e. The average Bonchev–Trinajstić information content (AvgIpc) is 2.92. The van der Waals surface area contributed by atoms with E-state index in [1.807, 2.05) is 41.7 Å². The normalized spacial score (nSPS) is 10.8. The molecule has 3 heteroatoms. The molecule has 0 bridgehead atoms. The number of para-hydroxylation sites is 1. The van der Waals surface area contributed by atoms with Crippen LogP contribution in [0.25, 0.3) is 0 Å². The SMILES string of the molecule is CCN(CCOc1ccccc1)Cc1cccs1. The molecule has 2 nitrogen and oxygen atoms in total. The van der Waals surface area contributed by atoms with Gasteiger partial charge in [-0.3, -0.25) is 4.90 Å². The van der Waals surface area contributed by atoms with Gasteiger partial charge >= 0.3 is 0 Å². The van der Waals surface area contributed by atoms with Gasteiger partial charge in [-0.1, -0.05) is 31.2 Å². The minimum absolute atomic E-state index is 0.739. The second kappa shape index (κ2) is 7.19. The molecule has 0 spiro atoms. The molecule has 1 heterocycles. The van der Waals surface area contributed by atoms with Crippen LogP contribution >= 0.6 is 11.3 Å². The molecule has 1 aromatic carbocycles. The van der Waals surface area contributed by atoms with E-state index in [2.05, 4.69) is 29.3 Å². The lowest BCUT2D eigenvalue weighted by atomic mass is 10.3. The summed E-state index contributed by atoms with van der Waals surface area (Å²) in [4.78, 5) is 3.81. The Kier molecular flexibility index (Phi) is 5.24. The third kappa shape index (κ3) is 4.17. The number of hydrogen-bond acceptors (Lipinski definition) is 3. The zero-order valence-electron chi connectivity index (χ0n) is 10.7. The first-order chi connectivity index (χ1) is 8.88. The summed E-state index contributed by atoms with van der Waals surface area (Å²) in [5, 5.41) is 2.13. The molecule has 18 heavy (non-hydrogen) atoms. The third-order valence-corrected chi connectivity index (χ3v) is 3.69. The summed E-state index contributed by atoms with van der Waals surface area (Å²) in [7, 11) is 0. The predicted octanol–water partition coefficient (Wildman–Crippen LogP) is 3.65. The highest BCUT2D eigenvalue weighted by Gasteiger charge is 2.04. The fourth-order valence-corrected chi connectivity index (χ4v) is 2.53. The first-order valence-electron chi connectivity index (χ1n) is 6.31. The van der Waals surface area contributed by atoms with Crippen LogP contribution in [0.5, 0.6) is 5.75 Å². The van der Waals surface area contributed by atoms with Gasteiger partial charge in [0.05, 0.1) is 0 Å². The van der Waals surface area contributed by atoms with Crippen LogP contribution in [-0.4, -0.2) is 24.6 Å². The Labute approximate surface area is 113 Å². The second-order valence-electron chi connectivity index (χ2n) is 4.11. The Morgan fingerprint density at radius 3 is 2.61 bits per heavy atom. The highest BCUT2D eigenvalue weighted by atomic mass is 32.1. The van der Waals surface area contributed by atoms with Crippen LogP contribution in [0.3, 0.4) is 0 Å². The molecule has 0 amide bonds. The van der Waals surface area contributed by atoms with E-state index in [0.29, 0.717) is 0 Å². The van der Waals surface area contributed by atoms with Crippen molar-refractivity contribution >= 4 is 11.3 Å². The number of likely N-dealkylation sites (N-methyl/N-ethyl adjacent to an activating group) is 1. The molecule has 0 aliphatic rings. The summed E-state index contributed by atoms with van der Waals surface area (Å²) in [6.07, 6.45) is 0. The average molecular weight is 261 g/mol. The van der Waals surface area contributed by atoms with E-state index in [4.69, 9.17) is 4.74 Å². The molecular formula is C15H19NOS. The van der Waals surface area contributed by atoms with Crippen molar-refractivity contribution < 1.29 is 4.74 Å². The second-order valence-corrected chi connectivity index (χ2v) is 5.14. The van der Waals surface area contributed by atoms with Crippen molar-refractivity contribution in [2.45, 2.75) is 13.5 Å². The van der Waals surface area contributed by atoms with Gasteiger partial charge in [0.15, 0.2) is 0 Å². The smallest absolute Gasteiger partial charge is 0.119 e. The third-order valence-electron chi connectivity index (χ3n) is 2.83. The van der Waals surface area contributed by atoms with Gasteiger partial charge in [0.25, 0.3) is 0 Å². The number of benzene rings is 1. The molecule has 1 aromatic heterocycles. The molecule has 0 atom stereocenters. The van der Waals surface area contributed by atoms with Gasteiger partial charge in [-0.15, -0.1) is 11.3 Å². The number of hydrogen-bond donors (Lipinski definition) is 0. The maximum atomic E-state index is 5.72. The van der Waals surface area contributed by atoms with Crippen molar-refractivity contribution in [3.8, 4) is 5.75 Å². The van der Waals surface area contributed by atoms with Gasteiger partial charge in [-0.2, -0.15) is 0 Å². The predicted molar refractivity (Wildman–Crippen MR) is 77.2 cm³/mol. The number of rotatable bonds is 7. The van der Waals surface area contributed by atoms with E-state index in [0.717, 1.165) is 32.0 Å². The highest BCUT2D eigenvalue weighted by Crippen LogP contribution is 2.12. The monoisotopic (exact) mass is 261 g/mol. The van der Waals surface area contributed by atoms with Crippen LogP contribution in [0.4, 0.5) is 0 Å². The van der Waals surface area contributed by atoms with Crippen molar-refractivity contribution in [2.24, 2.45) is 0 Å². The van der Waals surface area contributed by atoms with E-state index in [1.54, 1.807) is 0 Å². The van der Waals surface area contributed by atoms with Crippen LogP contribution in [0, 0.1) is 0 Å². The van der Waals surface area contributed by atoms with Crippen molar-refractivity contribution in [1.29, 1.82) is 0 Å². The van der Waals surface area contributed by atoms with E-state index < -0.39 is 0 Å². The number of thiophene rings is 1. The van der Waals surface area contributed by atoms with E-state index >= 15 is 0 Å². The summed E-state index contributed by atoms with van der Waals surface area (Å²) >= 11 is 1.81. The van der Waals surface area contributed by atoms with Crippen LogP contribution in [0.2, 0.25) is 0 Å². The molecule has 2 aromatic rings. The summed E-state index contributed by atoms with van der Waals surface area (Å²) in [5.74, 6) is 0.949. The molecule has 2 rings (SSSR count). The van der Waals surface area contributed by atoms with Gasteiger partial charge in [-0.25, -0.2) is 0 Å². The maximum Gasteiger partial charge on any atom is 0.119 e. The first kappa shape index (κ1) is 13.1. The Morgan fingerprint density at radius 2 is 1.94 bits per heavy atom. The van der Waals surface area contributed by atoms with E-state index in [9.17, 15) is 0 Å². The van der Waals surface area contributed by atoms with Gasteiger partial charge in [0, 0.05) is 18.0 Å². The molecular weight excluding hydrogens is 242 g/mol. The minimum Gasteiger partial charge on any atom is -0.492 e. The minimum atomic E-state index is 0.739. The molecule has 0 aliphatic heterocycles. The highest BCUT2D eigenvalue weighted by molar-refractivity contribution is 7.09. The first-order valence-corrected chi connectivity index (χ1v) is 7.19. The molecule has 0 saturated heterocycles. The lowest BCUT2D eigenvalue weighted by Gasteiger charge is -2.19. The topological polar surface area (TPSA) is 12.5 Å². The molecule has 0 saturated carbocycles. The van der Waals surface area contributed by atoms with Crippen LogP contribution in [0.1, 0.15) is 11.8 Å². The number of nitrogens with zero attached hydrogens (tertiary/aromatic N) is 1. The van der Waals surface area contributed by atoms with Crippen molar-refractivity contribution in [3.63, 3.8) is 0 Å². The fourth-order valence-electron chi connectivity index (χ4n) is 1.78. The standard InChI is InChI=1S/C15H19NOS/c1-2-16(13-15-9-6-12-18-15)10-11-17-14-7-4-3-5-8-14/h3-9,12H,2,10-11,13H2,1H3. The summed E-state index contributed by atoms with van der Waals surface area (Å²) in [6, 6.07) is 14.3. The quantitative estimate of drug-likeness (QED) is 0.754. The number of ether oxygens (including phenoxy) is 1. The van der Waals surface area contributed by atoms with Gasteiger partial charge in [-0.05, 0) is 30.1 Å². The summed E-state index contributed by atoms with van der Waals surface area (Å²) < 4.78 is 5.72. The van der Waals surface area contributed by atoms with E-state index in [1.165, 1.54) is 4.88 Å². The molecule has 0 fully saturated rings. The zero-order chi connectivity index (χ0) is 12.6. The Morgan fingerprint density at radius 1 is 1.11 bits per heavy atom. The van der Waals surface area contributed by atoms with Crippen molar-refractivity contribution in [2.75, 3.05) is 19.7 Å². The van der Waals surface area contributed by atoms with Crippen LogP contribution in [-0.2, 0) is 6.54 Å². The maximum absolute atomic E-state index is 5.72. The Bertz CT molecular complexity index is 427. The molecule has 0 unspecified atom stereocenters. The van der Waals surface area contributed by atoms with Crippen molar-refractivity contribution in [1.82, 2.24) is 4.90 Å².